The maximum Gasteiger partial charge on any atom is 0.265 e. The molecule has 2 amide bonds. The number of carbonyl (C=O) groups excluding carboxylic acids is 2. The van der Waals surface area contributed by atoms with Crippen LogP contribution in [0, 0.1) is 17.3 Å². The molecule has 1 aliphatic carbocycles. The molecule has 1 saturated carbocycles. The molecular weight excluding hydrogens is 532 g/mol. The molecule has 3 fully saturated rings. The molecule has 2 unspecified atom stereocenters. The fraction of sp³-hybridized carbons (Fsp3) is 0.625. The molecule has 4 bridgehead atoms. The summed E-state index contributed by atoms with van der Waals surface area (Å²) in [6.07, 6.45) is 11.3. The zero-order valence-corrected chi connectivity index (χ0v) is 25.6. The number of anilines is 3. The molecule has 6 rings (SSSR count). The molecule has 0 aromatic carbocycles. The highest BCUT2D eigenvalue weighted by Crippen LogP contribution is 2.44. The molecule has 41 heavy (non-hydrogen) atoms. The number of nitrogens with one attached hydrogen (secondary N) is 2. The minimum Gasteiger partial charge on any atom is -0.370 e. The van der Waals surface area contributed by atoms with E-state index in [2.05, 4.69) is 40.7 Å². The van der Waals surface area contributed by atoms with Crippen molar-refractivity contribution in [3.63, 3.8) is 0 Å². The van der Waals surface area contributed by atoms with Crippen molar-refractivity contribution in [3.8, 4) is 0 Å². The van der Waals surface area contributed by atoms with Crippen LogP contribution in [0.5, 0.6) is 0 Å². The van der Waals surface area contributed by atoms with E-state index in [1.165, 1.54) is 44.1 Å². The van der Waals surface area contributed by atoms with Gasteiger partial charge in [0.25, 0.3) is 5.91 Å². The summed E-state index contributed by atoms with van der Waals surface area (Å²) in [6, 6.07) is 9.54. The molecule has 220 valence electrons. The Morgan fingerprint density at radius 3 is 2.66 bits per heavy atom. The predicted octanol–water partition coefficient (Wildman–Crippen LogP) is 6.44. The molecule has 4 aliphatic rings. The summed E-state index contributed by atoms with van der Waals surface area (Å²) in [7, 11) is 0. The molecular formula is C32H44N6O2S. The van der Waals surface area contributed by atoms with Gasteiger partial charge in [-0.2, -0.15) is 0 Å². The van der Waals surface area contributed by atoms with Crippen LogP contribution in [0.1, 0.15) is 95.3 Å². The zero-order valence-electron chi connectivity index (χ0n) is 24.7. The minimum absolute atomic E-state index is 0.0571. The lowest BCUT2D eigenvalue weighted by atomic mass is 9.70. The average Bonchev–Trinajstić information content (AvgIpc) is 3.46. The Morgan fingerprint density at radius 2 is 1.83 bits per heavy atom. The Hall–Kier alpha value is -2.81. The highest BCUT2D eigenvalue weighted by atomic mass is 32.2. The first kappa shape index (κ1) is 28.3. The first-order valence-corrected chi connectivity index (χ1v) is 16.3. The summed E-state index contributed by atoms with van der Waals surface area (Å²) in [5.74, 6) is 2.72. The number of hydrogen-bond acceptors (Lipinski definition) is 7. The maximum atomic E-state index is 13.7. The van der Waals surface area contributed by atoms with E-state index in [-0.39, 0.29) is 28.7 Å². The Kier molecular flexibility index (Phi) is 7.92. The van der Waals surface area contributed by atoms with Gasteiger partial charge in [0.15, 0.2) is 0 Å². The molecule has 3 aliphatic heterocycles. The van der Waals surface area contributed by atoms with Crippen molar-refractivity contribution in [1.82, 2.24) is 14.7 Å². The van der Waals surface area contributed by atoms with Crippen LogP contribution in [0.4, 0.5) is 17.5 Å². The van der Waals surface area contributed by atoms with Crippen molar-refractivity contribution in [2.75, 3.05) is 34.8 Å². The van der Waals surface area contributed by atoms with E-state index in [4.69, 9.17) is 4.98 Å². The number of nitrogens with zero attached hydrogens (tertiary/aromatic N) is 4. The van der Waals surface area contributed by atoms with Crippen LogP contribution in [0.3, 0.4) is 0 Å². The van der Waals surface area contributed by atoms with Gasteiger partial charge in [-0.25, -0.2) is 9.97 Å². The predicted molar refractivity (Wildman–Crippen MR) is 165 cm³/mol. The van der Waals surface area contributed by atoms with Crippen LogP contribution in [-0.4, -0.2) is 47.0 Å². The normalized spacial score (nSPS) is 26.0. The molecule has 2 aromatic rings. The molecule has 2 saturated heterocycles. The molecule has 5 heterocycles. The highest BCUT2D eigenvalue weighted by molar-refractivity contribution is 7.97. The smallest absolute Gasteiger partial charge is 0.265 e. The third-order valence-electron chi connectivity index (χ3n) is 9.78. The summed E-state index contributed by atoms with van der Waals surface area (Å²) in [5, 5.41) is 4.16. The van der Waals surface area contributed by atoms with E-state index in [1.54, 1.807) is 0 Å². The van der Waals surface area contributed by atoms with E-state index >= 15 is 0 Å². The van der Waals surface area contributed by atoms with E-state index < -0.39 is 0 Å². The number of aromatic nitrogens is 2. The fourth-order valence-corrected chi connectivity index (χ4v) is 8.21. The number of pyridine rings is 2. The van der Waals surface area contributed by atoms with Gasteiger partial charge in [0.05, 0.1) is 5.56 Å². The number of amides is 2. The van der Waals surface area contributed by atoms with E-state index in [9.17, 15) is 9.59 Å². The second kappa shape index (κ2) is 11.5. The largest absolute Gasteiger partial charge is 0.370 e. The van der Waals surface area contributed by atoms with E-state index in [0.717, 1.165) is 56.0 Å². The summed E-state index contributed by atoms with van der Waals surface area (Å²) >= 11 is 1.22. The summed E-state index contributed by atoms with van der Waals surface area (Å²) in [6.45, 7) is 9.26. The summed E-state index contributed by atoms with van der Waals surface area (Å²) in [4.78, 5) is 41.3. The van der Waals surface area contributed by atoms with Crippen LogP contribution in [-0.2, 0) is 4.79 Å². The molecule has 0 radical (unpaired) electrons. The summed E-state index contributed by atoms with van der Waals surface area (Å²) < 4.78 is 3.00. The molecule has 8 nitrogen and oxygen atoms in total. The van der Waals surface area contributed by atoms with Crippen molar-refractivity contribution in [2.24, 2.45) is 17.3 Å². The Morgan fingerprint density at radius 1 is 1.00 bits per heavy atom. The quantitative estimate of drug-likeness (QED) is 0.407. The fourth-order valence-electron chi connectivity index (χ4n) is 7.62. The zero-order chi connectivity index (χ0) is 28.6. The lowest BCUT2D eigenvalue weighted by Crippen LogP contribution is -2.40. The van der Waals surface area contributed by atoms with Crippen LogP contribution in [0.25, 0.3) is 0 Å². The third-order valence-corrected chi connectivity index (χ3v) is 10.5. The first-order valence-electron chi connectivity index (χ1n) is 15.5. The second-order valence-electron chi connectivity index (χ2n) is 13.5. The summed E-state index contributed by atoms with van der Waals surface area (Å²) in [5.41, 5.74) is 0.659. The molecule has 2 N–H and O–H groups in total. The van der Waals surface area contributed by atoms with Crippen LogP contribution in [0.2, 0.25) is 0 Å². The van der Waals surface area contributed by atoms with Gasteiger partial charge >= 0.3 is 0 Å². The van der Waals surface area contributed by atoms with Crippen molar-refractivity contribution in [2.45, 2.75) is 95.5 Å². The minimum atomic E-state index is -0.200. The van der Waals surface area contributed by atoms with Crippen LogP contribution >= 0.6 is 11.9 Å². The number of hydrogen-bond donors (Lipinski definition) is 2. The van der Waals surface area contributed by atoms with Crippen LogP contribution < -0.4 is 19.8 Å². The third kappa shape index (κ3) is 6.06. The molecule has 2 aromatic heterocycles. The van der Waals surface area contributed by atoms with Gasteiger partial charge in [0, 0.05) is 43.0 Å². The Balaban J connectivity index is 1.29. The SMILES string of the molecule is CC1(CC2CCN(c3ccc4c(n3)N3CC(CCCNc5cccc(n5)SNC4=O)CC3(C)C)C2=O)CCCCC1. The lowest BCUT2D eigenvalue weighted by Gasteiger charge is -2.35. The highest BCUT2D eigenvalue weighted by Gasteiger charge is 2.42. The van der Waals surface area contributed by atoms with Gasteiger partial charge in [0.2, 0.25) is 5.91 Å². The van der Waals surface area contributed by atoms with Crippen molar-refractivity contribution >= 4 is 41.2 Å². The average molecular weight is 577 g/mol. The van der Waals surface area contributed by atoms with Gasteiger partial charge in [-0.15, -0.1) is 0 Å². The van der Waals surface area contributed by atoms with Gasteiger partial charge in [-0.3, -0.25) is 19.2 Å². The lowest BCUT2D eigenvalue weighted by molar-refractivity contribution is -0.121. The topological polar surface area (TPSA) is 90.5 Å². The van der Waals surface area contributed by atoms with Gasteiger partial charge in [-0.1, -0.05) is 32.3 Å². The van der Waals surface area contributed by atoms with Crippen molar-refractivity contribution < 1.29 is 9.59 Å². The standard InChI is InChI=1S/C32H44N6O2S/c1-31(2)19-22-9-8-17-33-25-10-7-11-27(34-25)41-36-29(39)24-12-13-26(35-28(24)38(31)21-22)37-18-14-23(30(37)40)20-32(3)15-5-4-6-16-32/h7,10-13,22-23H,4-6,8-9,14-21H2,1-3H3,(H,33,34)(H,36,39). The molecule has 0 spiro atoms. The number of carbonyl (C=O) groups is 2. The maximum absolute atomic E-state index is 13.7. The monoisotopic (exact) mass is 576 g/mol. The second-order valence-corrected chi connectivity index (χ2v) is 14.4. The molecule has 2 atom stereocenters. The van der Waals surface area contributed by atoms with Crippen molar-refractivity contribution in [3.05, 3.63) is 35.9 Å². The number of fused-ring (bicyclic) bond motifs is 6. The first-order chi connectivity index (χ1) is 19.7. The Labute approximate surface area is 248 Å². The van der Waals surface area contributed by atoms with Gasteiger partial charge in [-0.05, 0) is 94.4 Å². The Bertz CT molecular complexity index is 1290. The number of rotatable bonds is 3. The van der Waals surface area contributed by atoms with Crippen molar-refractivity contribution in [1.29, 1.82) is 0 Å². The van der Waals surface area contributed by atoms with Crippen LogP contribution in [0.15, 0.2) is 35.4 Å². The van der Waals surface area contributed by atoms with Gasteiger partial charge in [0.1, 0.15) is 22.5 Å². The van der Waals surface area contributed by atoms with E-state index in [0.29, 0.717) is 29.7 Å². The van der Waals surface area contributed by atoms with E-state index in [1.807, 2.05) is 35.2 Å². The van der Waals surface area contributed by atoms with Gasteiger partial charge < -0.3 is 10.2 Å². The molecule has 9 heteroatoms.